The average molecular weight is 486 g/mol. The van der Waals surface area contributed by atoms with Crippen LogP contribution in [0.3, 0.4) is 0 Å². The molecule has 0 N–H and O–H groups in total. The number of amides is 1. The molecule has 0 unspecified atom stereocenters. The van der Waals surface area contributed by atoms with E-state index >= 15 is 0 Å². The smallest absolute Gasteiger partial charge is 0.410 e. The zero-order valence-electron chi connectivity index (χ0n) is 20.5. The van der Waals surface area contributed by atoms with Crippen LogP contribution in [0.1, 0.15) is 32.8 Å². The summed E-state index contributed by atoms with van der Waals surface area (Å²) in [5.74, 6) is 1.72. The number of rotatable bonds is 5. The van der Waals surface area contributed by atoms with Crippen LogP contribution in [0.4, 0.5) is 10.6 Å². The highest BCUT2D eigenvalue weighted by Gasteiger charge is 2.27. The molecule has 2 aromatic rings. The molecule has 0 radical (unpaired) electrons. The summed E-state index contributed by atoms with van der Waals surface area (Å²) in [5.41, 5.74) is 1.10. The monoisotopic (exact) mass is 485 g/mol. The summed E-state index contributed by atoms with van der Waals surface area (Å²) in [7, 11) is 3.14. The molecule has 1 aliphatic rings. The highest BCUT2D eigenvalue weighted by molar-refractivity contribution is 7.98. The highest BCUT2D eigenvalue weighted by atomic mass is 32.2. The van der Waals surface area contributed by atoms with Gasteiger partial charge in [0.25, 0.3) is 0 Å². The second-order valence-electron chi connectivity index (χ2n) is 8.75. The largest absolute Gasteiger partial charge is 0.493 e. The molecule has 1 aliphatic heterocycles. The van der Waals surface area contributed by atoms with Gasteiger partial charge in [-0.25, -0.2) is 14.8 Å². The van der Waals surface area contributed by atoms with Gasteiger partial charge in [0.2, 0.25) is 0 Å². The van der Waals surface area contributed by atoms with Gasteiger partial charge >= 0.3 is 6.09 Å². The van der Waals surface area contributed by atoms with E-state index in [1.807, 2.05) is 39.2 Å². The first-order chi connectivity index (χ1) is 16.2. The van der Waals surface area contributed by atoms with Crippen molar-refractivity contribution in [2.24, 2.45) is 0 Å². The SMILES string of the molecule is COc1ccc(-c2nc(SC)nc(N3CCCN(C(=O)OC(C)(C)C)CC3)c2C#N)cc1OC. The lowest BCUT2D eigenvalue weighted by Gasteiger charge is -2.27. The van der Waals surface area contributed by atoms with Crippen LogP contribution in [0.2, 0.25) is 0 Å². The fourth-order valence-corrected chi connectivity index (χ4v) is 4.04. The normalized spacial score (nSPS) is 14.3. The molecule has 1 fully saturated rings. The van der Waals surface area contributed by atoms with Crippen molar-refractivity contribution in [3.05, 3.63) is 23.8 Å². The molecule has 0 aliphatic carbocycles. The maximum atomic E-state index is 12.6. The van der Waals surface area contributed by atoms with Gasteiger partial charge in [-0.3, -0.25) is 0 Å². The number of nitrogens with zero attached hydrogens (tertiary/aromatic N) is 5. The molecule has 9 nitrogen and oxygen atoms in total. The minimum atomic E-state index is -0.550. The van der Waals surface area contributed by atoms with E-state index in [0.29, 0.717) is 59.9 Å². The lowest BCUT2D eigenvalue weighted by atomic mass is 10.1. The number of ether oxygens (including phenoxy) is 3. The first-order valence-electron chi connectivity index (χ1n) is 11.0. The molecule has 0 saturated carbocycles. The van der Waals surface area contributed by atoms with Crippen molar-refractivity contribution in [1.82, 2.24) is 14.9 Å². The number of thioether (sulfide) groups is 1. The lowest BCUT2D eigenvalue weighted by Crippen LogP contribution is -2.39. The molecule has 34 heavy (non-hydrogen) atoms. The number of nitriles is 1. The van der Waals surface area contributed by atoms with E-state index in [-0.39, 0.29) is 6.09 Å². The zero-order chi connectivity index (χ0) is 24.9. The molecular formula is C24H31N5O4S. The number of hydrogen-bond acceptors (Lipinski definition) is 9. The van der Waals surface area contributed by atoms with Crippen molar-refractivity contribution in [2.75, 3.05) is 51.6 Å². The predicted molar refractivity (Wildman–Crippen MR) is 132 cm³/mol. The highest BCUT2D eigenvalue weighted by Crippen LogP contribution is 2.36. The molecule has 2 heterocycles. The maximum absolute atomic E-state index is 12.6. The van der Waals surface area contributed by atoms with Crippen LogP contribution < -0.4 is 14.4 Å². The Kier molecular flexibility index (Phi) is 8.10. The van der Waals surface area contributed by atoms with Crippen molar-refractivity contribution >= 4 is 23.7 Å². The third-order valence-corrected chi connectivity index (χ3v) is 5.82. The van der Waals surface area contributed by atoms with Gasteiger partial charge in [0.15, 0.2) is 22.5 Å². The maximum Gasteiger partial charge on any atom is 0.410 e. The Labute approximate surface area is 205 Å². The molecular weight excluding hydrogens is 454 g/mol. The Morgan fingerprint density at radius 2 is 1.82 bits per heavy atom. The van der Waals surface area contributed by atoms with Gasteiger partial charge in [0, 0.05) is 31.7 Å². The molecule has 0 spiro atoms. The third kappa shape index (κ3) is 5.83. The standard InChI is InChI=1S/C24H31N5O4S/c1-24(2,3)33-23(30)29-11-7-10-28(12-13-29)21-17(15-25)20(26-22(27-21)34-6)16-8-9-18(31-4)19(14-16)32-5/h8-9,14H,7,10-13H2,1-6H3. The van der Waals surface area contributed by atoms with Crippen LogP contribution in [-0.4, -0.2) is 73.2 Å². The summed E-state index contributed by atoms with van der Waals surface area (Å²) in [6.07, 6.45) is 2.30. The van der Waals surface area contributed by atoms with E-state index in [9.17, 15) is 10.1 Å². The molecule has 1 aromatic heterocycles. The molecule has 3 rings (SSSR count). The lowest BCUT2D eigenvalue weighted by molar-refractivity contribution is 0.0263. The first-order valence-corrected chi connectivity index (χ1v) is 12.2. The van der Waals surface area contributed by atoms with Crippen molar-refractivity contribution in [2.45, 2.75) is 37.9 Å². The fraction of sp³-hybridized carbons (Fsp3) is 0.500. The summed E-state index contributed by atoms with van der Waals surface area (Å²) in [6.45, 7) is 7.81. The number of benzene rings is 1. The van der Waals surface area contributed by atoms with Crippen LogP contribution in [0.5, 0.6) is 11.5 Å². The Morgan fingerprint density at radius 3 is 2.44 bits per heavy atom. The molecule has 1 amide bonds. The van der Waals surface area contributed by atoms with E-state index in [1.54, 1.807) is 25.2 Å². The van der Waals surface area contributed by atoms with Crippen LogP contribution in [0, 0.1) is 11.3 Å². The van der Waals surface area contributed by atoms with Crippen LogP contribution in [0.15, 0.2) is 23.4 Å². The Bertz CT molecular complexity index is 1080. The van der Waals surface area contributed by atoms with Crippen LogP contribution in [-0.2, 0) is 4.74 Å². The quantitative estimate of drug-likeness (QED) is 0.455. The summed E-state index contributed by atoms with van der Waals surface area (Å²) in [4.78, 5) is 25.7. The minimum absolute atomic E-state index is 0.326. The number of methoxy groups -OCH3 is 2. The molecule has 1 aromatic carbocycles. The number of carbonyl (C=O) groups excluding carboxylic acids is 1. The average Bonchev–Trinajstić information content (AvgIpc) is 3.08. The van der Waals surface area contributed by atoms with E-state index in [4.69, 9.17) is 14.2 Å². The van der Waals surface area contributed by atoms with Crippen LogP contribution in [0.25, 0.3) is 11.3 Å². The summed E-state index contributed by atoms with van der Waals surface area (Å²) in [5, 5.41) is 10.7. The molecule has 10 heteroatoms. The minimum Gasteiger partial charge on any atom is -0.493 e. The summed E-state index contributed by atoms with van der Waals surface area (Å²) in [6, 6.07) is 7.76. The van der Waals surface area contributed by atoms with E-state index < -0.39 is 5.60 Å². The van der Waals surface area contributed by atoms with Gasteiger partial charge in [-0.1, -0.05) is 11.8 Å². The van der Waals surface area contributed by atoms with Gasteiger partial charge in [-0.05, 0) is 51.6 Å². The van der Waals surface area contributed by atoms with E-state index in [1.165, 1.54) is 11.8 Å². The van der Waals surface area contributed by atoms with Crippen molar-refractivity contribution < 1.29 is 19.0 Å². The number of anilines is 1. The number of aromatic nitrogens is 2. The van der Waals surface area contributed by atoms with Crippen molar-refractivity contribution in [1.29, 1.82) is 5.26 Å². The summed E-state index contributed by atoms with van der Waals surface area (Å²) < 4.78 is 16.3. The van der Waals surface area contributed by atoms with Crippen molar-refractivity contribution in [3.63, 3.8) is 0 Å². The topological polar surface area (TPSA) is 101 Å². The van der Waals surface area contributed by atoms with Gasteiger partial charge in [0.05, 0.1) is 19.9 Å². The Hall–Kier alpha value is -3.19. The van der Waals surface area contributed by atoms with E-state index in [2.05, 4.69) is 20.9 Å². The molecule has 0 atom stereocenters. The van der Waals surface area contributed by atoms with Gasteiger partial charge < -0.3 is 24.0 Å². The second kappa shape index (κ2) is 10.8. The molecule has 182 valence electrons. The zero-order valence-corrected chi connectivity index (χ0v) is 21.4. The Morgan fingerprint density at radius 1 is 1.09 bits per heavy atom. The predicted octanol–water partition coefficient (Wildman–Crippen LogP) is 4.20. The van der Waals surface area contributed by atoms with Gasteiger partial charge in [-0.2, -0.15) is 5.26 Å². The van der Waals surface area contributed by atoms with Gasteiger partial charge in [0.1, 0.15) is 17.2 Å². The summed E-state index contributed by atoms with van der Waals surface area (Å²) >= 11 is 1.41. The van der Waals surface area contributed by atoms with Gasteiger partial charge in [-0.15, -0.1) is 0 Å². The third-order valence-electron chi connectivity index (χ3n) is 5.27. The first kappa shape index (κ1) is 25.4. The van der Waals surface area contributed by atoms with Crippen molar-refractivity contribution in [3.8, 4) is 28.8 Å². The van der Waals surface area contributed by atoms with E-state index in [0.717, 1.165) is 12.0 Å². The Balaban J connectivity index is 1.97. The number of hydrogen-bond donors (Lipinski definition) is 0. The fourth-order valence-electron chi connectivity index (χ4n) is 3.68. The van der Waals surface area contributed by atoms with Crippen LogP contribution >= 0.6 is 11.8 Å². The number of carbonyl (C=O) groups is 1. The molecule has 0 bridgehead atoms. The molecule has 1 saturated heterocycles. The second-order valence-corrected chi connectivity index (χ2v) is 9.52.